The highest BCUT2D eigenvalue weighted by Crippen LogP contribution is 1.94. The Bertz CT molecular complexity index is 308. The zero-order valence-electron chi connectivity index (χ0n) is 13.2. The topological polar surface area (TPSA) is 70.7 Å². The van der Waals surface area contributed by atoms with Crippen LogP contribution in [0, 0.1) is 0 Å². The van der Waals surface area contributed by atoms with Crippen LogP contribution in [0.5, 0.6) is 0 Å². The number of hydrogen-bond donors (Lipinski definition) is 2. The monoisotopic (exact) mass is 309 g/mol. The van der Waals surface area contributed by atoms with Crippen molar-refractivity contribution in [2.24, 2.45) is 0 Å². The average molecular weight is 309 g/mol. The fourth-order valence-electron chi connectivity index (χ4n) is 1.53. The molecule has 6 nitrogen and oxygen atoms in total. The maximum atomic E-state index is 11.7. The Balaban J connectivity index is 3.45. The van der Waals surface area contributed by atoms with E-state index in [9.17, 15) is 8.42 Å². The molecular weight excluding hydrogens is 278 g/mol. The Kier molecular flexibility index (Phi) is 12.4. The van der Waals surface area contributed by atoms with E-state index in [0.717, 1.165) is 32.5 Å². The van der Waals surface area contributed by atoms with Crippen LogP contribution in [-0.2, 0) is 14.8 Å². The standard InChI is InChI=1S/C13H31N3O3S/c1-4-7-14-8-5-6-13-20(17,18)15-9-11-19-12-10-16(2)3/h14-15H,4-13H2,1-3H3. The second-order valence-electron chi connectivity index (χ2n) is 5.09. The highest BCUT2D eigenvalue weighted by Gasteiger charge is 2.08. The minimum absolute atomic E-state index is 0.193. The van der Waals surface area contributed by atoms with Gasteiger partial charge in [0.15, 0.2) is 0 Å². The third-order valence-electron chi connectivity index (χ3n) is 2.69. The molecule has 0 aliphatic carbocycles. The van der Waals surface area contributed by atoms with E-state index in [4.69, 9.17) is 4.74 Å². The molecule has 0 unspecified atom stereocenters. The van der Waals surface area contributed by atoms with Crippen LogP contribution in [-0.4, -0.2) is 72.6 Å². The number of sulfonamides is 1. The van der Waals surface area contributed by atoms with Crippen LogP contribution >= 0.6 is 0 Å². The summed E-state index contributed by atoms with van der Waals surface area (Å²) < 4.78 is 31.2. The Morgan fingerprint density at radius 1 is 1.05 bits per heavy atom. The number of likely N-dealkylation sites (N-methyl/N-ethyl adjacent to an activating group) is 1. The van der Waals surface area contributed by atoms with Crippen molar-refractivity contribution >= 4 is 10.0 Å². The molecule has 0 rings (SSSR count). The largest absolute Gasteiger partial charge is 0.379 e. The summed E-state index contributed by atoms with van der Waals surface area (Å²) in [5.41, 5.74) is 0. The van der Waals surface area contributed by atoms with Gasteiger partial charge in [-0.05, 0) is 46.4 Å². The Morgan fingerprint density at radius 3 is 2.45 bits per heavy atom. The third kappa shape index (κ3) is 14.2. The summed E-state index contributed by atoms with van der Waals surface area (Å²) in [7, 11) is 0.801. The van der Waals surface area contributed by atoms with Crippen LogP contribution in [0.3, 0.4) is 0 Å². The van der Waals surface area contributed by atoms with E-state index in [1.165, 1.54) is 0 Å². The first kappa shape index (κ1) is 19.8. The van der Waals surface area contributed by atoms with Gasteiger partial charge < -0.3 is 15.0 Å². The molecule has 0 amide bonds. The van der Waals surface area contributed by atoms with Gasteiger partial charge in [0.05, 0.1) is 19.0 Å². The van der Waals surface area contributed by atoms with Crippen molar-refractivity contribution in [3.05, 3.63) is 0 Å². The summed E-state index contributed by atoms with van der Waals surface area (Å²) in [5.74, 6) is 0.193. The lowest BCUT2D eigenvalue weighted by molar-refractivity contribution is 0.122. The minimum atomic E-state index is -3.15. The maximum Gasteiger partial charge on any atom is 0.211 e. The van der Waals surface area contributed by atoms with Gasteiger partial charge in [-0.1, -0.05) is 6.92 Å². The molecule has 2 N–H and O–H groups in total. The summed E-state index contributed by atoms with van der Waals surface area (Å²) >= 11 is 0. The Labute approximate surface area is 124 Å². The van der Waals surface area contributed by atoms with E-state index in [1.807, 2.05) is 19.0 Å². The molecule has 7 heteroatoms. The first-order chi connectivity index (χ1) is 9.48. The minimum Gasteiger partial charge on any atom is -0.379 e. The molecule has 122 valence electrons. The van der Waals surface area contributed by atoms with Gasteiger partial charge in [0.1, 0.15) is 0 Å². The number of rotatable bonds is 14. The van der Waals surface area contributed by atoms with Gasteiger partial charge in [0.25, 0.3) is 0 Å². The Morgan fingerprint density at radius 2 is 1.80 bits per heavy atom. The van der Waals surface area contributed by atoms with Crippen molar-refractivity contribution in [1.29, 1.82) is 0 Å². The smallest absolute Gasteiger partial charge is 0.211 e. The fourth-order valence-corrected chi connectivity index (χ4v) is 2.66. The molecule has 0 radical (unpaired) electrons. The summed E-state index contributed by atoms with van der Waals surface area (Å²) in [5, 5.41) is 3.26. The van der Waals surface area contributed by atoms with Gasteiger partial charge in [-0.15, -0.1) is 0 Å². The third-order valence-corrected chi connectivity index (χ3v) is 4.16. The van der Waals surface area contributed by atoms with E-state index in [0.29, 0.717) is 26.2 Å². The number of hydrogen-bond acceptors (Lipinski definition) is 5. The zero-order chi connectivity index (χ0) is 15.3. The van der Waals surface area contributed by atoms with Gasteiger partial charge in [0.2, 0.25) is 10.0 Å². The van der Waals surface area contributed by atoms with E-state index in [-0.39, 0.29) is 5.75 Å². The van der Waals surface area contributed by atoms with Crippen molar-refractivity contribution in [3.63, 3.8) is 0 Å². The molecule has 0 saturated heterocycles. The molecular formula is C13H31N3O3S. The average Bonchev–Trinajstić information content (AvgIpc) is 2.37. The van der Waals surface area contributed by atoms with Crippen molar-refractivity contribution in [2.45, 2.75) is 26.2 Å². The van der Waals surface area contributed by atoms with Crippen molar-refractivity contribution in [3.8, 4) is 0 Å². The van der Waals surface area contributed by atoms with E-state index in [2.05, 4.69) is 17.0 Å². The molecule has 20 heavy (non-hydrogen) atoms. The molecule has 0 heterocycles. The summed E-state index contributed by atoms with van der Waals surface area (Å²) in [4.78, 5) is 2.02. The molecule has 0 aromatic carbocycles. The summed E-state index contributed by atoms with van der Waals surface area (Å²) in [6.45, 7) is 6.23. The molecule has 0 atom stereocenters. The lowest BCUT2D eigenvalue weighted by atomic mass is 10.3. The van der Waals surface area contributed by atoms with Gasteiger partial charge in [-0.2, -0.15) is 0 Å². The van der Waals surface area contributed by atoms with E-state index < -0.39 is 10.0 Å². The second kappa shape index (κ2) is 12.5. The first-order valence-electron chi connectivity index (χ1n) is 7.38. The highest BCUT2D eigenvalue weighted by atomic mass is 32.2. The zero-order valence-corrected chi connectivity index (χ0v) is 14.0. The van der Waals surface area contributed by atoms with Gasteiger partial charge in [0, 0.05) is 13.1 Å². The predicted molar refractivity (Wildman–Crippen MR) is 83.6 cm³/mol. The lowest BCUT2D eigenvalue weighted by Gasteiger charge is -2.10. The van der Waals surface area contributed by atoms with Crippen LogP contribution in [0.4, 0.5) is 0 Å². The SMILES string of the molecule is CCCNCCCCS(=O)(=O)NCCOCCN(C)C. The van der Waals surface area contributed by atoms with Gasteiger partial charge in [-0.3, -0.25) is 0 Å². The van der Waals surface area contributed by atoms with Crippen LogP contribution in [0.1, 0.15) is 26.2 Å². The number of nitrogens with one attached hydrogen (secondary N) is 2. The lowest BCUT2D eigenvalue weighted by Crippen LogP contribution is -2.30. The van der Waals surface area contributed by atoms with E-state index in [1.54, 1.807) is 0 Å². The molecule has 0 aliphatic rings. The van der Waals surface area contributed by atoms with Crippen LogP contribution < -0.4 is 10.0 Å². The summed E-state index contributed by atoms with van der Waals surface area (Å²) in [6.07, 6.45) is 2.68. The van der Waals surface area contributed by atoms with Crippen LogP contribution in [0.25, 0.3) is 0 Å². The van der Waals surface area contributed by atoms with Crippen molar-refractivity contribution in [1.82, 2.24) is 14.9 Å². The van der Waals surface area contributed by atoms with E-state index >= 15 is 0 Å². The number of ether oxygens (including phenoxy) is 1. The molecule has 0 bridgehead atoms. The van der Waals surface area contributed by atoms with Crippen molar-refractivity contribution < 1.29 is 13.2 Å². The predicted octanol–water partition coefficient (Wildman–Crippen LogP) is 0.264. The first-order valence-corrected chi connectivity index (χ1v) is 9.03. The molecule has 0 aromatic rings. The van der Waals surface area contributed by atoms with Gasteiger partial charge >= 0.3 is 0 Å². The molecule has 0 aliphatic heterocycles. The fraction of sp³-hybridized carbons (Fsp3) is 1.00. The highest BCUT2D eigenvalue weighted by molar-refractivity contribution is 7.89. The molecule has 0 fully saturated rings. The maximum absolute atomic E-state index is 11.7. The number of unbranched alkanes of at least 4 members (excludes halogenated alkanes) is 1. The van der Waals surface area contributed by atoms with Crippen LogP contribution in [0.2, 0.25) is 0 Å². The molecule has 0 spiro atoms. The quantitative estimate of drug-likeness (QED) is 0.451. The normalized spacial score (nSPS) is 12.2. The molecule has 0 aromatic heterocycles. The summed E-state index contributed by atoms with van der Waals surface area (Å²) in [6, 6.07) is 0. The number of nitrogens with zero attached hydrogens (tertiary/aromatic N) is 1. The van der Waals surface area contributed by atoms with Crippen molar-refractivity contribution in [2.75, 3.05) is 59.2 Å². The Hall–Kier alpha value is -0.210. The molecule has 0 saturated carbocycles. The second-order valence-corrected chi connectivity index (χ2v) is 7.01. The van der Waals surface area contributed by atoms with Gasteiger partial charge in [-0.25, -0.2) is 13.1 Å². The van der Waals surface area contributed by atoms with Crippen LogP contribution in [0.15, 0.2) is 0 Å².